The van der Waals surface area contributed by atoms with Gasteiger partial charge in [-0.05, 0) is 26.1 Å². The lowest BCUT2D eigenvalue weighted by molar-refractivity contribution is 0.0921. The average molecular weight is 210 g/mol. The Morgan fingerprint density at radius 1 is 1.53 bits per heavy atom. The Morgan fingerprint density at radius 3 is 2.80 bits per heavy atom. The van der Waals surface area contributed by atoms with Crippen LogP contribution in [0.2, 0.25) is 0 Å². The molecule has 0 aliphatic carbocycles. The highest BCUT2D eigenvalue weighted by Crippen LogP contribution is 2.07. The fourth-order valence-corrected chi connectivity index (χ4v) is 1.12. The number of carbonyl (C=O) groups is 1. The second kappa shape index (κ2) is 5.56. The van der Waals surface area contributed by atoms with Gasteiger partial charge < -0.3 is 15.1 Å². The van der Waals surface area contributed by atoms with E-state index >= 15 is 0 Å². The minimum atomic E-state index is -0.156. The van der Waals surface area contributed by atoms with Gasteiger partial charge in [-0.3, -0.25) is 4.79 Å². The summed E-state index contributed by atoms with van der Waals surface area (Å²) in [5.74, 6) is 1.06. The number of hydrogen-bond donors (Lipinski definition) is 2. The maximum absolute atomic E-state index is 11.6. The molecule has 1 unspecified atom stereocenters. The molecule has 0 fully saturated rings. The molecule has 0 saturated heterocycles. The molecule has 1 atom stereocenters. The zero-order valence-electron chi connectivity index (χ0n) is 9.46. The molecule has 0 radical (unpaired) electrons. The molecule has 0 aliphatic rings. The van der Waals surface area contributed by atoms with Crippen LogP contribution in [0.3, 0.4) is 0 Å². The normalized spacial score (nSPS) is 12.5. The van der Waals surface area contributed by atoms with Crippen LogP contribution in [0.15, 0.2) is 16.5 Å². The number of furan rings is 1. The molecular formula is C11H18N2O2. The summed E-state index contributed by atoms with van der Waals surface area (Å²) in [7, 11) is 1.86. The van der Waals surface area contributed by atoms with Crippen LogP contribution in [-0.2, 0) is 6.42 Å². The maximum atomic E-state index is 11.6. The Kier molecular flexibility index (Phi) is 4.37. The summed E-state index contributed by atoms with van der Waals surface area (Å²) in [6.45, 7) is 4.58. The first-order chi connectivity index (χ1) is 7.17. The summed E-state index contributed by atoms with van der Waals surface area (Å²) < 4.78 is 5.33. The summed E-state index contributed by atoms with van der Waals surface area (Å²) in [6, 6.07) is 3.80. The van der Waals surface area contributed by atoms with Crippen molar-refractivity contribution in [3.8, 4) is 0 Å². The first kappa shape index (κ1) is 11.8. The van der Waals surface area contributed by atoms with Crippen LogP contribution in [0.4, 0.5) is 0 Å². The minimum Gasteiger partial charge on any atom is -0.456 e. The van der Waals surface area contributed by atoms with Crippen molar-refractivity contribution >= 4 is 5.91 Å². The zero-order valence-corrected chi connectivity index (χ0v) is 9.46. The van der Waals surface area contributed by atoms with Crippen LogP contribution < -0.4 is 10.6 Å². The molecule has 1 heterocycles. The van der Waals surface area contributed by atoms with Gasteiger partial charge in [-0.1, -0.05) is 6.92 Å². The summed E-state index contributed by atoms with van der Waals surface area (Å²) in [4.78, 5) is 11.6. The molecule has 1 amide bonds. The SMILES string of the molecule is CCc1ccc(C(=O)NCC(C)NC)o1. The van der Waals surface area contributed by atoms with E-state index in [-0.39, 0.29) is 11.9 Å². The van der Waals surface area contributed by atoms with Crippen molar-refractivity contribution in [2.75, 3.05) is 13.6 Å². The van der Waals surface area contributed by atoms with E-state index < -0.39 is 0 Å². The van der Waals surface area contributed by atoms with Gasteiger partial charge in [0.1, 0.15) is 5.76 Å². The first-order valence-electron chi connectivity index (χ1n) is 5.21. The first-order valence-corrected chi connectivity index (χ1v) is 5.21. The van der Waals surface area contributed by atoms with Gasteiger partial charge in [-0.25, -0.2) is 0 Å². The predicted octanol–water partition coefficient (Wildman–Crippen LogP) is 1.18. The van der Waals surface area contributed by atoms with Crippen molar-refractivity contribution < 1.29 is 9.21 Å². The van der Waals surface area contributed by atoms with Crippen molar-refractivity contribution in [2.45, 2.75) is 26.3 Å². The molecule has 15 heavy (non-hydrogen) atoms. The van der Waals surface area contributed by atoms with E-state index in [0.29, 0.717) is 12.3 Å². The molecule has 0 aromatic carbocycles. The molecule has 0 spiro atoms. The van der Waals surface area contributed by atoms with E-state index in [1.54, 1.807) is 6.07 Å². The Bertz CT molecular complexity index is 320. The number of likely N-dealkylation sites (N-methyl/N-ethyl adjacent to an activating group) is 1. The van der Waals surface area contributed by atoms with Crippen molar-refractivity contribution in [3.63, 3.8) is 0 Å². The molecule has 4 nitrogen and oxygen atoms in total. The van der Waals surface area contributed by atoms with Crippen molar-refractivity contribution in [3.05, 3.63) is 23.7 Å². The van der Waals surface area contributed by atoms with Crippen LogP contribution in [0.25, 0.3) is 0 Å². The lowest BCUT2D eigenvalue weighted by Gasteiger charge is -2.09. The second-order valence-electron chi connectivity index (χ2n) is 3.52. The van der Waals surface area contributed by atoms with E-state index in [9.17, 15) is 4.79 Å². The lowest BCUT2D eigenvalue weighted by atomic mass is 10.3. The highest BCUT2D eigenvalue weighted by Gasteiger charge is 2.10. The minimum absolute atomic E-state index is 0.156. The molecule has 0 aliphatic heterocycles. The van der Waals surface area contributed by atoms with Gasteiger partial charge in [-0.15, -0.1) is 0 Å². The van der Waals surface area contributed by atoms with Gasteiger partial charge in [-0.2, -0.15) is 0 Å². The van der Waals surface area contributed by atoms with E-state index in [1.165, 1.54) is 0 Å². The molecule has 0 saturated carbocycles. The highest BCUT2D eigenvalue weighted by molar-refractivity contribution is 5.91. The number of amides is 1. The summed E-state index contributed by atoms with van der Waals surface area (Å²) >= 11 is 0. The molecule has 1 aromatic rings. The van der Waals surface area contributed by atoms with Crippen molar-refractivity contribution in [1.29, 1.82) is 0 Å². The topological polar surface area (TPSA) is 54.3 Å². The van der Waals surface area contributed by atoms with E-state index in [4.69, 9.17) is 4.42 Å². The summed E-state index contributed by atoms with van der Waals surface area (Å²) in [6.07, 6.45) is 0.806. The Balaban J connectivity index is 2.46. The van der Waals surface area contributed by atoms with Crippen LogP contribution in [0.5, 0.6) is 0 Å². The van der Waals surface area contributed by atoms with E-state index in [1.807, 2.05) is 27.0 Å². The molecule has 4 heteroatoms. The van der Waals surface area contributed by atoms with Crippen LogP contribution in [0, 0.1) is 0 Å². The quantitative estimate of drug-likeness (QED) is 0.767. The number of nitrogens with one attached hydrogen (secondary N) is 2. The van der Waals surface area contributed by atoms with Gasteiger partial charge in [0.2, 0.25) is 0 Å². The largest absolute Gasteiger partial charge is 0.456 e. The maximum Gasteiger partial charge on any atom is 0.287 e. The molecule has 84 valence electrons. The summed E-state index contributed by atoms with van der Waals surface area (Å²) in [5.41, 5.74) is 0. The van der Waals surface area contributed by atoms with Crippen LogP contribution in [-0.4, -0.2) is 25.5 Å². The Morgan fingerprint density at radius 2 is 2.27 bits per heavy atom. The van der Waals surface area contributed by atoms with Gasteiger partial charge in [0.05, 0.1) is 0 Å². The number of carbonyl (C=O) groups excluding carboxylic acids is 1. The zero-order chi connectivity index (χ0) is 11.3. The van der Waals surface area contributed by atoms with Crippen LogP contribution in [0.1, 0.15) is 30.2 Å². The van der Waals surface area contributed by atoms with E-state index in [0.717, 1.165) is 12.2 Å². The van der Waals surface area contributed by atoms with Gasteiger partial charge in [0, 0.05) is 19.0 Å². The van der Waals surface area contributed by atoms with Gasteiger partial charge in [0.25, 0.3) is 5.91 Å². The van der Waals surface area contributed by atoms with Crippen LogP contribution >= 0.6 is 0 Å². The lowest BCUT2D eigenvalue weighted by Crippen LogP contribution is -2.37. The van der Waals surface area contributed by atoms with Gasteiger partial charge in [0.15, 0.2) is 5.76 Å². The van der Waals surface area contributed by atoms with Gasteiger partial charge >= 0.3 is 0 Å². The smallest absolute Gasteiger partial charge is 0.287 e. The Labute approximate surface area is 90.0 Å². The molecule has 1 rings (SSSR count). The second-order valence-corrected chi connectivity index (χ2v) is 3.52. The summed E-state index contributed by atoms with van der Waals surface area (Å²) in [5, 5.41) is 5.83. The number of rotatable bonds is 5. The molecular weight excluding hydrogens is 192 g/mol. The van der Waals surface area contributed by atoms with Crippen molar-refractivity contribution in [1.82, 2.24) is 10.6 Å². The molecule has 2 N–H and O–H groups in total. The fourth-order valence-electron chi connectivity index (χ4n) is 1.12. The monoisotopic (exact) mass is 210 g/mol. The fraction of sp³-hybridized carbons (Fsp3) is 0.545. The Hall–Kier alpha value is -1.29. The van der Waals surface area contributed by atoms with Crippen molar-refractivity contribution in [2.24, 2.45) is 0 Å². The highest BCUT2D eigenvalue weighted by atomic mass is 16.3. The van der Waals surface area contributed by atoms with E-state index in [2.05, 4.69) is 10.6 Å². The molecule has 0 bridgehead atoms. The predicted molar refractivity (Wildman–Crippen MR) is 58.9 cm³/mol. The standard InChI is InChI=1S/C11H18N2O2/c1-4-9-5-6-10(15-9)11(14)13-7-8(2)12-3/h5-6,8,12H,4,7H2,1-3H3,(H,13,14). The number of aryl methyl sites for hydroxylation is 1. The number of hydrogen-bond acceptors (Lipinski definition) is 3. The third-order valence-corrected chi connectivity index (χ3v) is 2.30. The third-order valence-electron chi connectivity index (χ3n) is 2.30. The third kappa shape index (κ3) is 3.40. The molecule has 1 aromatic heterocycles. The average Bonchev–Trinajstić information content (AvgIpc) is 2.73.